The fourth-order valence-corrected chi connectivity index (χ4v) is 2.30. The summed E-state index contributed by atoms with van der Waals surface area (Å²) in [4.78, 5) is 40.5. The lowest BCUT2D eigenvalue weighted by Gasteiger charge is -2.21. The smallest absolute Gasteiger partial charge is 0.404 e. The predicted molar refractivity (Wildman–Crippen MR) is 95.6 cm³/mol. The Morgan fingerprint density at radius 1 is 1.04 bits per heavy atom. The van der Waals surface area contributed by atoms with Gasteiger partial charge in [-0.3, -0.25) is 14.6 Å². The summed E-state index contributed by atoms with van der Waals surface area (Å²) in [5.41, 5.74) is 2.27. The number of carbonyl (C=O) groups is 3. The summed E-state index contributed by atoms with van der Waals surface area (Å²) >= 11 is 0. The van der Waals surface area contributed by atoms with Crippen LogP contribution in [0.25, 0.3) is 11.1 Å². The number of amides is 3. The summed E-state index contributed by atoms with van der Waals surface area (Å²) in [7, 11) is 3.07. The molecule has 0 aliphatic carbocycles. The Hall–Kier alpha value is -3.42. The molecule has 0 aliphatic rings. The zero-order chi connectivity index (χ0) is 19.1. The molecule has 0 aliphatic heterocycles. The summed E-state index contributed by atoms with van der Waals surface area (Å²) < 4.78 is 0. The molecule has 0 spiro atoms. The first-order chi connectivity index (χ1) is 12.4. The lowest BCUT2D eigenvalue weighted by atomic mass is 10.0. The monoisotopic (exact) mass is 356 g/mol. The molecule has 0 saturated carbocycles. The van der Waals surface area contributed by atoms with Crippen LogP contribution in [0.1, 0.15) is 10.4 Å². The number of nitrogens with one attached hydrogen (secondary N) is 2. The standard InChI is InChI=1S/C18H20N4O4/c1-22(2)17(24)15(11-20-18(25)26)21-16(23)14-5-3-12(4-6-14)13-7-9-19-10-8-13/h3-10,15,20H,11H2,1-2H3,(H,21,23)(H,25,26)/t15-/m0/s1. The third-order valence-electron chi connectivity index (χ3n) is 3.66. The second-order valence-electron chi connectivity index (χ2n) is 5.76. The molecule has 136 valence electrons. The van der Waals surface area contributed by atoms with E-state index in [0.29, 0.717) is 5.56 Å². The number of rotatable bonds is 6. The highest BCUT2D eigenvalue weighted by Crippen LogP contribution is 2.18. The molecule has 0 fully saturated rings. The molecule has 8 nitrogen and oxygen atoms in total. The second-order valence-corrected chi connectivity index (χ2v) is 5.76. The van der Waals surface area contributed by atoms with Gasteiger partial charge in [0.25, 0.3) is 5.91 Å². The predicted octanol–water partition coefficient (Wildman–Crippen LogP) is 1.20. The van der Waals surface area contributed by atoms with Crippen molar-refractivity contribution in [3.05, 3.63) is 54.4 Å². The topological polar surface area (TPSA) is 112 Å². The van der Waals surface area contributed by atoms with E-state index >= 15 is 0 Å². The van der Waals surface area contributed by atoms with Crippen molar-refractivity contribution in [3.63, 3.8) is 0 Å². The van der Waals surface area contributed by atoms with Crippen LogP contribution >= 0.6 is 0 Å². The lowest BCUT2D eigenvalue weighted by Crippen LogP contribution is -2.52. The first-order valence-electron chi connectivity index (χ1n) is 7.87. The molecule has 3 N–H and O–H groups in total. The SMILES string of the molecule is CN(C)C(=O)[C@H](CNC(=O)O)NC(=O)c1ccc(-c2ccncc2)cc1. The fourth-order valence-electron chi connectivity index (χ4n) is 2.30. The molecule has 0 radical (unpaired) electrons. The van der Waals surface area contributed by atoms with Gasteiger partial charge in [0.15, 0.2) is 0 Å². The van der Waals surface area contributed by atoms with Gasteiger partial charge in [-0.05, 0) is 35.4 Å². The summed E-state index contributed by atoms with van der Waals surface area (Å²) in [6, 6.07) is 9.61. The molecule has 8 heteroatoms. The minimum absolute atomic E-state index is 0.215. The third-order valence-corrected chi connectivity index (χ3v) is 3.66. The normalized spacial score (nSPS) is 11.3. The van der Waals surface area contributed by atoms with Gasteiger partial charge in [0.2, 0.25) is 5.91 Å². The van der Waals surface area contributed by atoms with E-state index < -0.39 is 23.9 Å². The van der Waals surface area contributed by atoms with E-state index in [2.05, 4.69) is 15.6 Å². The molecule has 1 aromatic carbocycles. The van der Waals surface area contributed by atoms with Crippen LogP contribution in [0.2, 0.25) is 0 Å². The Balaban J connectivity index is 2.10. The van der Waals surface area contributed by atoms with E-state index in [1.165, 1.54) is 19.0 Å². The number of nitrogens with zero attached hydrogens (tertiary/aromatic N) is 2. The molecule has 1 heterocycles. The fraction of sp³-hybridized carbons (Fsp3) is 0.222. The second kappa shape index (κ2) is 8.61. The molecule has 3 amide bonds. The highest BCUT2D eigenvalue weighted by atomic mass is 16.4. The molecule has 2 rings (SSSR count). The number of likely N-dealkylation sites (N-methyl/N-ethyl adjacent to an activating group) is 1. The molecule has 26 heavy (non-hydrogen) atoms. The number of hydrogen-bond donors (Lipinski definition) is 3. The molecule has 1 atom stereocenters. The average molecular weight is 356 g/mol. The Labute approximate surface area is 150 Å². The van der Waals surface area contributed by atoms with Gasteiger partial charge in [0.05, 0.1) is 6.54 Å². The Bertz CT molecular complexity index is 776. The van der Waals surface area contributed by atoms with Crippen molar-refractivity contribution in [2.24, 2.45) is 0 Å². The van der Waals surface area contributed by atoms with Gasteiger partial charge in [0.1, 0.15) is 6.04 Å². The Morgan fingerprint density at radius 2 is 1.62 bits per heavy atom. The van der Waals surface area contributed by atoms with Gasteiger partial charge in [-0.2, -0.15) is 0 Å². The van der Waals surface area contributed by atoms with Gasteiger partial charge in [-0.1, -0.05) is 12.1 Å². The number of carbonyl (C=O) groups excluding carboxylic acids is 2. The average Bonchev–Trinajstić information content (AvgIpc) is 2.65. The van der Waals surface area contributed by atoms with Gasteiger partial charge < -0.3 is 20.6 Å². The highest BCUT2D eigenvalue weighted by molar-refractivity contribution is 5.98. The maximum Gasteiger partial charge on any atom is 0.404 e. The van der Waals surface area contributed by atoms with Crippen molar-refractivity contribution in [1.82, 2.24) is 20.5 Å². The minimum Gasteiger partial charge on any atom is -0.465 e. The van der Waals surface area contributed by atoms with Crippen molar-refractivity contribution in [2.45, 2.75) is 6.04 Å². The number of pyridine rings is 1. The zero-order valence-electron chi connectivity index (χ0n) is 14.5. The molecule has 0 saturated heterocycles. The van der Waals surface area contributed by atoms with Crippen LogP contribution in [0.15, 0.2) is 48.8 Å². The summed E-state index contributed by atoms with van der Waals surface area (Å²) in [6.07, 6.45) is 2.10. The van der Waals surface area contributed by atoms with Crippen molar-refractivity contribution in [2.75, 3.05) is 20.6 Å². The van der Waals surface area contributed by atoms with Crippen molar-refractivity contribution in [3.8, 4) is 11.1 Å². The number of benzene rings is 1. The molecule has 2 aromatic rings. The summed E-state index contributed by atoms with van der Waals surface area (Å²) in [6.45, 7) is -0.215. The Kier molecular flexibility index (Phi) is 6.26. The van der Waals surface area contributed by atoms with Gasteiger partial charge in [-0.15, -0.1) is 0 Å². The number of hydrogen-bond acceptors (Lipinski definition) is 4. The van der Waals surface area contributed by atoms with Crippen LogP contribution in [0, 0.1) is 0 Å². The van der Waals surface area contributed by atoms with Crippen LogP contribution in [0.3, 0.4) is 0 Å². The molecular weight excluding hydrogens is 336 g/mol. The summed E-state index contributed by atoms with van der Waals surface area (Å²) in [5.74, 6) is -0.862. The number of aromatic nitrogens is 1. The molecular formula is C18H20N4O4. The highest BCUT2D eigenvalue weighted by Gasteiger charge is 2.23. The lowest BCUT2D eigenvalue weighted by molar-refractivity contribution is -0.130. The first kappa shape index (κ1) is 18.9. The maximum absolute atomic E-state index is 12.4. The number of carboxylic acid groups (broad SMARTS) is 1. The minimum atomic E-state index is -1.27. The van der Waals surface area contributed by atoms with Crippen LogP contribution < -0.4 is 10.6 Å². The first-order valence-corrected chi connectivity index (χ1v) is 7.87. The van der Waals surface area contributed by atoms with Gasteiger partial charge in [-0.25, -0.2) is 4.79 Å². The van der Waals surface area contributed by atoms with E-state index in [0.717, 1.165) is 11.1 Å². The van der Waals surface area contributed by atoms with E-state index in [9.17, 15) is 14.4 Å². The molecule has 0 bridgehead atoms. The Morgan fingerprint density at radius 3 is 2.15 bits per heavy atom. The van der Waals surface area contributed by atoms with E-state index in [1.807, 2.05) is 12.1 Å². The van der Waals surface area contributed by atoms with E-state index in [1.54, 1.807) is 36.7 Å². The van der Waals surface area contributed by atoms with E-state index in [-0.39, 0.29) is 6.54 Å². The quantitative estimate of drug-likeness (QED) is 0.720. The zero-order valence-corrected chi connectivity index (χ0v) is 14.5. The van der Waals surface area contributed by atoms with Crippen molar-refractivity contribution < 1.29 is 19.5 Å². The molecule has 1 aromatic heterocycles. The molecule has 0 unspecified atom stereocenters. The van der Waals surface area contributed by atoms with E-state index in [4.69, 9.17) is 5.11 Å². The summed E-state index contributed by atoms with van der Waals surface area (Å²) in [5, 5.41) is 13.4. The van der Waals surface area contributed by atoms with Crippen molar-refractivity contribution >= 4 is 17.9 Å². The van der Waals surface area contributed by atoms with Crippen LogP contribution in [0.5, 0.6) is 0 Å². The van der Waals surface area contributed by atoms with Crippen molar-refractivity contribution in [1.29, 1.82) is 0 Å². The maximum atomic E-state index is 12.4. The van der Waals surface area contributed by atoms with Crippen LogP contribution in [-0.4, -0.2) is 59.6 Å². The van der Waals surface area contributed by atoms with Crippen LogP contribution in [0.4, 0.5) is 4.79 Å². The van der Waals surface area contributed by atoms with Gasteiger partial charge in [0, 0.05) is 32.1 Å². The largest absolute Gasteiger partial charge is 0.465 e. The van der Waals surface area contributed by atoms with Crippen LogP contribution in [-0.2, 0) is 4.79 Å². The van der Waals surface area contributed by atoms with Gasteiger partial charge >= 0.3 is 6.09 Å². The third kappa shape index (κ3) is 5.04.